The van der Waals surface area contributed by atoms with Crippen LogP contribution in [0.3, 0.4) is 0 Å². The summed E-state index contributed by atoms with van der Waals surface area (Å²) in [7, 11) is 0. The molecule has 1 nitrogen and oxygen atoms in total. The maximum absolute atomic E-state index is 10.4. The van der Waals surface area contributed by atoms with E-state index in [1.807, 2.05) is 0 Å². The Morgan fingerprint density at radius 1 is 1.33 bits per heavy atom. The van der Waals surface area contributed by atoms with Crippen LogP contribution in [0.1, 0.15) is 45.4 Å². The minimum atomic E-state index is 0. The molecule has 12 heavy (non-hydrogen) atoms. The van der Waals surface area contributed by atoms with Crippen molar-refractivity contribution < 1.29 is 23.7 Å². The zero-order valence-electron chi connectivity index (χ0n) is 8.51. The summed E-state index contributed by atoms with van der Waals surface area (Å²) in [6.45, 7) is 5.84. The molecule has 1 unspecified atom stereocenters. The van der Waals surface area contributed by atoms with Crippen molar-refractivity contribution in [3.05, 3.63) is 6.92 Å². The van der Waals surface area contributed by atoms with Gasteiger partial charge in [0, 0.05) is 5.92 Å². The molecule has 0 radical (unpaired) electrons. The van der Waals surface area contributed by atoms with E-state index in [4.69, 9.17) is 0 Å². The van der Waals surface area contributed by atoms with E-state index < -0.39 is 0 Å². The summed E-state index contributed by atoms with van der Waals surface area (Å²) >= 11 is 0. The molecule has 0 aliphatic carbocycles. The summed E-state index contributed by atoms with van der Waals surface area (Å²) in [4.78, 5) is 10.4. The first-order valence-electron chi connectivity index (χ1n) is 4.59. The maximum atomic E-state index is 10.4. The number of unbranched alkanes of at least 4 members (excludes halogenated alkanes) is 3. The van der Waals surface area contributed by atoms with Gasteiger partial charge in [0.05, 0.1) is 0 Å². The molecule has 66 valence electrons. The second-order valence-electron chi connectivity index (χ2n) is 3.01. The zero-order chi connectivity index (χ0) is 8.53. The summed E-state index contributed by atoms with van der Waals surface area (Å²) < 4.78 is 0. The number of aldehydes is 1. The van der Waals surface area contributed by atoms with Crippen molar-refractivity contribution >= 4 is 6.29 Å². The Morgan fingerprint density at radius 2 is 2.00 bits per heavy atom. The quantitative estimate of drug-likeness (QED) is 0.223. The Morgan fingerprint density at radius 3 is 2.42 bits per heavy atom. The average molecular weight is 162 g/mol. The van der Waals surface area contributed by atoms with Crippen LogP contribution in [-0.4, -0.2) is 6.29 Å². The van der Waals surface area contributed by atoms with Crippen molar-refractivity contribution in [2.45, 2.75) is 45.4 Å². The molecule has 0 heterocycles. The normalized spacial score (nSPS) is 11.8. The van der Waals surface area contributed by atoms with Gasteiger partial charge in [-0.05, 0) is 12.8 Å². The Hall–Kier alpha value is 0.267. The molecule has 1 atom stereocenters. The van der Waals surface area contributed by atoms with Crippen molar-refractivity contribution in [3.8, 4) is 0 Å². The third-order valence-electron chi connectivity index (χ3n) is 2.04. The van der Waals surface area contributed by atoms with Crippen LogP contribution in [0, 0.1) is 12.8 Å². The van der Waals surface area contributed by atoms with Crippen LogP contribution in [0.2, 0.25) is 0 Å². The fourth-order valence-electron chi connectivity index (χ4n) is 1.13. The molecule has 0 rings (SSSR count). The number of hydrogen-bond donors (Lipinski definition) is 0. The SMILES string of the molecule is [CH2-]CCCCCC(C=O)CC.[Li+]. The predicted molar refractivity (Wildman–Crippen MR) is 48.3 cm³/mol. The summed E-state index contributed by atoms with van der Waals surface area (Å²) in [5, 5.41) is 0. The minimum Gasteiger partial charge on any atom is -0.343 e. The standard InChI is InChI=1S/C10H19O.Li/c1-3-5-6-7-8-10(4-2)9-11;/h9-10H,1,3-8H2,2H3;/q-1;+1. The molecule has 0 aromatic heterocycles. The van der Waals surface area contributed by atoms with E-state index in [-0.39, 0.29) is 18.9 Å². The van der Waals surface area contributed by atoms with Gasteiger partial charge >= 0.3 is 18.9 Å². The van der Waals surface area contributed by atoms with Gasteiger partial charge in [-0.3, -0.25) is 0 Å². The molecular weight excluding hydrogens is 143 g/mol. The molecule has 2 heteroatoms. The first-order chi connectivity index (χ1) is 5.35. The van der Waals surface area contributed by atoms with Gasteiger partial charge in [-0.2, -0.15) is 6.42 Å². The van der Waals surface area contributed by atoms with Crippen LogP contribution in [-0.2, 0) is 4.79 Å². The zero-order valence-corrected chi connectivity index (χ0v) is 8.51. The number of carbonyl (C=O) groups excluding carboxylic acids is 1. The van der Waals surface area contributed by atoms with Gasteiger partial charge in [-0.15, -0.1) is 0 Å². The van der Waals surface area contributed by atoms with Gasteiger partial charge in [0.25, 0.3) is 0 Å². The summed E-state index contributed by atoms with van der Waals surface area (Å²) in [6.07, 6.45) is 7.80. The fourth-order valence-corrected chi connectivity index (χ4v) is 1.13. The molecule has 0 aliphatic heterocycles. The molecular formula is C10H19LiO. The number of hydrogen-bond acceptors (Lipinski definition) is 1. The Kier molecular flexibility index (Phi) is 13.9. The molecule has 0 fully saturated rings. The van der Waals surface area contributed by atoms with E-state index in [1.165, 1.54) is 19.3 Å². The van der Waals surface area contributed by atoms with Gasteiger partial charge in [-0.25, -0.2) is 0 Å². The third-order valence-corrected chi connectivity index (χ3v) is 2.04. The topological polar surface area (TPSA) is 17.1 Å². The van der Waals surface area contributed by atoms with Crippen LogP contribution < -0.4 is 18.9 Å². The average Bonchev–Trinajstić information content (AvgIpc) is 2.05. The molecule has 0 saturated heterocycles. The van der Waals surface area contributed by atoms with Gasteiger partial charge in [-0.1, -0.05) is 26.2 Å². The van der Waals surface area contributed by atoms with Crippen LogP contribution in [0.25, 0.3) is 0 Å². The molecule has 0 amide bonds. The molecule has 0 N–H and O–H groups in total. The summed E-state index contributed by atoms with van der Waals surface area (Å²) in [5.41, 5.74) is 0. The number of carbonyl (C=O) groups is 1. The van der Waals surface area contributed by atoms with Gasteiger partial charge < -0.3 is 11.7 Å². The van der Waals surface area contributed by atoms with Gasteiger partial charge in [0.2, 0.25) is 0 Å². The monoisotopic (exact) mass is 162 g/mol. The van der Waals surface area contributed by atoms with Crippen LogP contribution in [0.15, 0.2) is 0 Å². The van der Waals surface area contributed by atoms with Crippen LogP contribution in [0.4, 0.5) is 0 Å². The summed E-state index contributed by atoms with van der Waals surface area (Å²) in [5.74, 6) is 0.305. The smallest absolute Gasteiger partial charge is 0.343 e. The van der Waals surface area contributed by atoms with E-state index in [9.17, 15) is 4.79 Å². The Bertz CT molecular complexity index is 93.8. The van der Waals surface area contributed by atoms with Crippen molar-refractivity contribution in [2.24, 2.45) is 5.92 Å². The van der Waals surface area contributed by atoms with Crippen molar-refractivity contribution in [3.63, 3.8) is 0 Å². The second-order valence-corrected chi connectivity index (χ2v) is 3.01. The Labute approximate surface area is 88.5 Å². The largest absolute Gasteiger partial charge is 1.00 e. The predicted octanol–water partition coefficient (Wildman–Crippen LogP) is 0.0000900. The van der Waals surface area contributed by atoms with Crippen molar-refractivity contribution in [2.75, 3.05) is 0 Å². The number of rotatable bonds is 7. The molecule has 0 spiro atoms. The first kappa shape index (κ1) is 14.8. The van der Waals surface area contributed by atoms with Crippen LogP contribution >= 0.6 is 0 Å². The molecule has 0 bridgehead atoms. The van der Waals surface area contributed by atoms with E-state index in [1.54, 1.807) is 0 Å². The van der Waals surface area contributed by atoms with E-state index >= 15 is 0 Å². The van der Waals surface area contributed by atoms with E-state index in [0.29, 0.717) is 5.92 Å². The Balaban J connectivity index is 0. The van der Waals surface area contributed by atoms with E-state index in [0.717, 1.165) is 25.5 Å². The first-order valence-corrected chi connectivity index (χ1v) is 4.59. The molecule has 0 aliphatic rings. The van der Waals surface area contributed by atoms with Crippen molar-refractivity contribution in [1.82, 2.24) is 0 Å². The third kappa shape index (κ3) is 8.36. The molecule has 0 aromatic rings. The molecule has 0 aromatic carbocycles. The maximum Gasteiger partial charge on any atom is 1.00 e. The fraction of sp³-hybridized carbons (Fsp3) is 0.800. The molecule has 0 saturated carbocycles. The van der Waals surface area contributed by atoms with Gasteiger partial charge in [0.1, 0.15) is 6.29 Å². The summed E-state index contributed by atoms with van der Waals surface area (Å²) in [6, 6.07) is 0. The minimum absolute atomic E-state index is 0. The van der Waals surface area contributed by atoms with Gasteiger partial charge in [0.15, 0.2) is 0 Å². The van der Waals surface area contributed by atoms with Crippen LogP contribution in [0.5, 0.6) is 0 Å². The van der Waals surface area contributed by atoms with Crippen molar-refractivity contribution in [1.29, 1.82) is 0 Å². The second kappa shape index (κ2) is 11.3. The van der Waals surface area contributed by atoms with E-state index in [2.05, 4.69) is 13.8 Å².